The van der Waals surface area contributed by atoms with Crippen molar-refractivity contribution in [3.05, 3.63) is 29.8 Å². The lowest BCUT2D eigenvalue weighted by Crippen LogP contribution is -2.02. The molecule has 0 heterocycles. The normalized spacial score (nSPS) is 9.70. The Hall–Kier alpha value is -1.02. The molecule has 0 atom stereocenters. The Labute approximate surface area is 60.8 Å². The smallest absolute Gasteiger partial charge is 0.0316 e. The van der Waals surface area contributed by atoms with Crippen molar-refractivity contribution in [1.29, 1.82) is 0 Å². The van der Waals surface area contributed by atoms with Gasteiger partial charge in [0.15, 0.2) is 0 Å². The van der Waals surface area contributed by atoms with E-state index in [9.17, 15) is 0 Å². The zero-order valence-corrected chi connectivity index (χ0v) is 5.88. The molecule has 0 fully saturated rings. The van der Waals surface area contributed by atoms with Crippen LogP contribution in [0.15, 0.2) is 24.3 Å². The molecule has 1 aromatic rings. The molecule has 0 amide bonds. The average Bonchev–Trinajstić information content (AvgIpc) is 1.88. The van der Waals surface area contributed by atoms with Crippen LogP contribution < -0.4 is 11.5 Å². The van der Waals surface area contributed by atoms with E-state index in [1.807, 2.05) is 24.3 Å². The van der Waals surface area contributed by atoms with Crippen LogP contribution in [0.1, 0.15) is 5.56 Å². The van der Waals surface area contributed by atoms with E-state index in [4.69, 9.17) is 11.5 Å². The summed E-state index contributed by atoms with van der Waals surface area (Å²) >= 11 is 0. The minimum atomic E-state index is 0.684. The summed E-state index contributed by atoms with van der Waals surface area (Å²) in [5.41, 5.74) is 12.9. The zero-order valence-electron chi connectivity index (χ0n) is 5.88. The second-order valence-electron chi connectivity index (χ2n) is 2.28. The molecule has 0 unspecified atom stereocenters. The SMILES string of the molecule is NCCc1cccc(N)c1. The molecule has 54 valence electrons. The van der Waals surface area contributed by atoms with E-state index in [0.717, 1.165) is 12.1 Å². The van der Waals surface area contributed by atoms with Gasteiger partial charge in [-0.3, -0.25) is 0 Å². The number of hydrogen-bond donors (Lipinski definition) is 2. The Morgan fingerprint density at radius 2 is 2.10 bits per heavy atom. The average molecular weight is 136 g/mol. The fourth-order valence-corrected chi connectivity index (χ4v) is 0.915. The predicted molar refractivity (Wildman–Crippen MR) is 43.6 cm³/mol. The molecule has 0 aliphatic carbocycles. The van der Waals surface area contributed by atoms with Gasteiger partial charge in [0.25, 0.3) is 0 Å². The van der Waals surface area contributed by atoms with Gasteiger partial charge in [0.1, 0.15) is 0 Å². The first kappa shape index (κ1) is 7.09. The zero-order chi connectivity index (χ0) is 7.40. The first-order valence-electron chi connectivity index (χ1n) is 3.37. The predicted octanol–water partition coefficient (Wildman–Crippen LogP) is 0.770. The van der Waals surface area contributed by atoms with Gasteiger partial charge in [0, 0.05) is 5.69 Å². The molecule has 10 heavy (non-hydrogen) atoms. The van der Waals surface area contributed by atoms with Crippen LogP contribution in [-0.2, 0) is 6.42 Å². The molecule has 0 saturated carbocycles. The number of benzene rings is 1. The molecular formula is C8H12N2. The highest BCUT2D eigenvalue weighted by Crippen LogP contribution is 2.05. The third kappa shape index (κ3) is 1.74. The second kappa shape index (κ2) is 3.22. The van der Waals surface area contributed by atoms with E-state index in [1.54, 1.807) is 0 Å². The monoisotopic (exact) mass is 136 g/mol. The molecule has 2 nitrogen and oxygen atoms in total. The molecule has 1 rings (SSSR count). The van der Waals surface area contributed by atoms with Gasteiger partial charge < -0.3 is 11.5 Å². The Kier molecular flexibility index (Phi) is 2.29. The summed E-state index contributed by atoms with van der Waals surface area (Å²) in [5, 5.41) is 0. The number of nitrogens with two attached hydrogens (primary N) is 2. The van der Waals surface area contributed by atoms with Gasteiger partial charge in [-0.1, -0.05) is 12.1 Å². The van der Waals surface area contributed by atoms with Crippen LogP contribution in [0, 0.1) is 0 Å². The first-order valence-corrected chi connectivity index (χ1v) is 3.37. The van der Waals surface area contributed by atoms with E-state index >= 15 is 0 Å². The number of anilines is 1. The van der Waals surface area contributed by atoms with Gasteiger partial charge in [0.2, 0.25) is 0 Å². The molecule has 0 bridgehead atoms. The number of hydrogen-bond acceptors (Lipinski definition) is 2. The van der Waals surface area contributed by atoms with Gasteiger partial charge in [-0.05, 0) is 30.7 Å². The lowest BCUT2D eigenvalue weighted by Gasteiger charge is -1.98. The molecular weight excluding hydrogens is 124 g/mol. The fourth-order valence-electron chi connectivity index (χ4n) is 0.915. The molecule has 4 N–H and O–H groups in total. The van der Waals surface area contributed by atoms with E-state index < -0.39 is 0 Å². The fraction of sp³-hybridized carbons (Fsp3) is 0.250. The van der Waals surface area contributed by atoms with Crippen molar-refractivity contribution in [2.24, 2.45) is 5.73 Å². The maximum atomic E-state index is 5.55. The van der Waals surface area contributed by atoms with Crippen molar-refractivity contribution < 1.29 is 0 Å². The van der Waals surface area contributed by atoms with Crippen LogP contribution in [0.5, 0.6) is 0 Å². The van der Waals surface area contributed by atoms with Gasteiger partial charge in [-0.2, -0.15) is 0 Å². The first-order chi connectivity index (χ1) is 4.83. The summed E-state index contributed by atoms with van der Waals surface area (Å²) in [6.45, 7) is 0.684. The van der Waals surface area contributed by atoms with E-state index in [1.165, 1.54) is 5.56 Å². The molecule has 2 heteroatoms. The lowest BCUT2D eigenvalue weighted by molar-refractivity contribution is 0.969. The number of rotatable bonds is 2. The van der Waals surface area contributed by atoms with Crippen molar-refractivity contribution in [1.82, 2.24) is 0 Å². The second-order valence-corrected chi connectivity index (χ2v) is 2.28. The van der Waals surface area contributed by atoms with Gasteiger partial charge >= 0.3 is 0 Å². The van der Waals surface area contributed by atoms with Gasteiger partial charge in [-0.15, -0.1) is 0 Å². The molecule has 0 aliphatic rings. The minimum absolute atomic E-state index is 0.684. The highest BCUT2D eigenvalue weighted by atomic mass is 14.5. The topological polar surface area (TPSA) is 52.0 Å². The summed E-state index contributed by atoms with van der Waals surface area (Å²) in [6.07, 6.45) is 0.908. The Morgan fingerprint density at radius 1 is 1.30 bits per heavy atom. The molecule has 0 aromatic heterocycles. The van der Waals surface area contributed by atoms with Crippen molar-refractivity contribution >= 4 is 5.69 Å². The van der Waals surface area contributed by atoms with Crippen molar-refractivity contribution in [2.45, 2.75) is 6.42 Å². The highest BCUT2D eigenvalue weighted by Gasteiger charge is 1.89. The summed E-state index contributed by atoms with van der Waals surface area (Å²) in [4.78, 5) is 0. The maximum Gasteiger partial charge on any atom is 0.0316 e. The largest absolute Gasteiger partial charge is 0.399 e. The Morgan fingerprint density at radius 3 is 2.70 bits per heavy atom. The number of nitrogen functional groups attached to an aromatic ring is 1. The molecule has 0 saturated heterocycles. The third-order valence-electron chi connectivity index (χ3n) is 1.38. The van der Waals surface area contributed by atoms with E-state index in [2.05, 4.69) is 0 Å². The Balaban J connectivity index is 2.75. The molecule has 0 aliphatic heterocycles. The molecule has 1 aromatic carbocycles. The van der Waals surface area contributed by atoms with Crippen LogP contribution in [0.3, 0.4) is 0 Å². The quantitative estimate of drug-likeness (QED) is 0.590. The third-order valence-corrected chi connectivity index (χ3v) is 1.38. The standard InChI is InChI=1S/C8H12N2/c9-5-4-7-2-1-3-8(10)6-7/h1-3,6H,4-5,9-10H2. The molecule has 0 radical (unpaired) electrons. The molecule has 0 spiro atoms. The minimum Gasteiger partial charge on any atom is -0.399 e. The van der Waals surface area contributed by atoms with E-state index in [0.29, 0.717) is 6.54 Å². The van der Waals surface area contributed by atoms with Crippen molar-refractivity contribution in [2.75, 3.05) is 12.3 Å². The van der Waals surface area contributed by atoms with Crippen LogP contribution >= 0.6 is 0 Å². The van der Waals surface area contributed by atoms with Gasteiger partial charge in [-0.25, -0.2) is 0 Å². The summed E-state index contributed by atoms with van der Waals surface area (Å²) in [5.74, 6) is 0. The van der Waals surface area contributed by atoms with Crippen LogP contribution in [-0.4, -0.2) is 6.54 Å². The summed E-state index contributed by atoms with van der Waals surface area (Å²) in [7, 11) is 0. The van der Waals surface area contributed by atoms with Crippen molar-refractivity contribution in [3.63, 3.8) is 0 Å². The lowest BCUT2D eigenvalue weighted by atomic mass is 10.1. The van der Waals surface area contributed by atoms with Gasteiger partial charge in [0.05, 0.1) is 0 Å². The maximum absolute atomic E-state index is 5.55. The Bertz CT molecular complexity index is 208. The van der Waals surface area contributed by atoms with E-state index in [-0.39, 0.29) is 0 Å². The van der Waals surface area contributed by atoms with Crippen molar-refractivity contribution in [3.8, 4) is 0 Å². The summed E-state index contributed by atoms with van der Waals surface area (Å²) < 4.78 is 0. The highest BCUT2D eigenvalue weighted by molar-refractivity contribution is 5.40. The van der Waals surface area contributed by atoms with Crippen LogP contribution in [0.4, 0.5) is 5.69 Å². The van der Waals surface area contributed by atoms with Crippen LogP contribution in [0.2, 0.25) is 0 Å². The summed E-state index contributed by atoms with van der Waals surface area (Å²) in [6, 6.07) is 7.80. The van der Waals surface area contributed by atoms with Crippen LogP contribution in [0.25, 0.3) is 0 Å².